The summed E-state index contributed by atoms with van der Waals surface area (Å²) in [5.41, 5.74) is 1.49. The lowest BCUT2D eigenvalue weighted by Crippen LogP contribution is -2.06. The van der Waals surface area contributed by atoms with E-state index in [1.54, 1.807) is 0 Å². The first kappa shape index (κ1) is 11.7. The van der Waals surface area contributed by atoms with Gasteiger partial charge in [0.15, 0.2) is 0 Å². The molecule has 87 valence electrons. The van der Waals surface area contributed by atoms with E-state index >= 15 is 0 Å². The second-order valence-corrected chi connectivity index (χ2v) is 5.01. The Hall–Kier alpha value is -0.780. The Morgan fingerprint density at radius 2 is 1.75 bits per heavy atom. The molecule has 0 heterocycles. The lowest BCUT2D eigenvalue weighted by Gasteiger charge is -2.20. The van der Waals surface area contributed by atoms with Crippen LogP contribution in [0.4, 0.5) is 0 Å². The quantitative estimate of drug-likeness (QED) is 0.619. The minimum Gasteiger partial charge on any atom is -0.0622 e. The molecule has 1 aliphatic rings. The van der Waals surface area contributed by atoms with E-state index in [1.807, 2.05) is 0 Å². The molecule has 1 aromatic carbocycles. The van der Waals surface area contributed by atoms with Crippen molar-refractivity contribution < 1.29 is 0 Å². The molecule has 1 saturated carbocycles. The molecule has 1 fully saturated rings. The highest BCUT2D eigenvalue weighted by atomic mass is 14.2. The number of rotatable bonds is 5. The average molecular weight is 215 g/mol. The summed E-state index contributed by atoms with van der Waals surface area (Å²) in [6, 6.07) is 10.8. The van der Waals surface area contributed by atoms with E-state index in [0.717, 1.165) is 5.92 Å². The maximum Gasteiger partial charge on any atom is -0.0279 e. The summed E-state index contributed by atoms with van der Waals surface area (Å²) in [5, 5.41) is 0. The largest absolute Gasteiger partial charge is 0.0622 e. The van der Waals surface area contributed by atoms with Crippen molar-refractivity contribution in [3.8, 4) is 0 Å². The second kappa shape index (κ2) is 6.73. The highest BCUT2D eigenvalue weighted by Gasteiger charge is 2.12. The van der Waals surface area contributed by atoms with Gasteiger partial charge < -0.3 is 0 Å². The number of hydrogen-bond acceptors (Lipinski definition) is 0. The molecule has 0 aliphatic heterocycles. The highest BCUT2D eigenvalue weighted by Crippen LogP contribution is 2.27. The van der Waals surface area contributed by atoms with Gasteiger partial charge in [-0.05, 0) is 37.2 Å². The van der Waals surface area contributed by atoms with E-state index in [9.17, 15) is 0 Å². The van der Waals surface area contributed by atoms with Crippen molar-refractivity contribution in [2.45, 2.75) is 51.4 Å². The Kier molecular flexibility index (Phi) is 4.92. The predicted octanol–water partition coefficient (Wildman–Crippen LogP) is 4.79. The van der Waals surface area contributed by atoms with Gasteiger partial charge in [-0.1, -0.05) is 62.4 Å². The van der Waals surface area contributed by atoms with Gasteiger partial charge in [-0.3, -0.25) is 0 Å². The first-order chi connectivity index (χ1) is 7.95. The van der Waals surface area contributed by atoms with Gasteiger partial charge in [-0.15, -0.1) is 0 Å². The number of benzene rings is 1. The third-order valence-electron chi connectivity index (χ3n) is 3.66. The van der Waals surface area contributed by atoms with Gasteiger partial charge in [0.05, 0.1) is 0 Å². The molecule has 1 aliphatic carbocycles. The molecule has 1 aromatic rings. The lowest BCUT2D eigenvalue weighted by molar-refractivity contribution is 0.388. The van der Waals surface area contributed by atoms with E-state index < -0.39 is 0 Å². The molecule has 0 unspecified atom stereocenters. The smallest absolute Gasteiger partial charge is 0.0279 e. The lowest BCUT2D eigenvalue weighted by atomic mass is 9.85. The van der Waals surface area contributed by atoms with E-state index in [4.69, 9.17) is 0 Å². The van der Waals surface area contributed by atoms with Crippen LogP contribution >= 0.6 is 0 Å². The summed E-state index contributed by atoms with van der Waals surface area (Å²) >= 11 is 0. The normalized spacial score (nSPS) is 17.5. The minimum absolute atomic E-state index is 0.935. The Morgan fingerprint density at radius 3 is 2.50 bits per heavy atom. The molecule has 0 nitrogen and oxygen atoms in total. The van der Waals surface area contributed by atoms with Gasteiger partial charge in [-0.2, -0.15) is 0 Å². The topological polar surface area (TPSA) is 0 Å². The molecule has 0 spiro atoms. The van der Waals surface area contributed by atoms with Crippen molar-refractivity contribution in [1.82, 2.24) is 0 Å². The summed E-state index contributed by atoms with van der Waals surface area (Å²) in [5.74, 6) is 0.935. The van der Waals surface area contributed by atoms with Crippen LogP contribution in [-0.4, -0.2) is 0 Å². The fourth-order valence-electron chi connectivity index (χ4n) is 2.67. The Morgan fingerprint density at radius 1 is 1.00 bits per heavy atom. The van der Waals surface area contributed by atoms with Crippen molar-refractivity contribution in [2.24, 2.45) is 5.92 Å². The monoisotopic (exact) mass is 215 g/mol. The minimum atomic E-state index is 0.935. The van der Waals surface area contributed by atoms with E-state index in [-0.39, 0.29) is 0 Å². The zero-order valence-electron chi connectivity index (χ0n) is 10.2. The van der Waals surface area contributed by atoms with Gasteiger partial charge in [0, 0.05) is 0 Å². The van der Waals surface area contributed by atoms with Crippen molar-refractivity contribution in [1.29, 1.82) is 0 Å². The average Bonchev–Trinajstić information content (AvgIpc) is 2.37. The number of hydrogen-bond donors (Lipinski definition) is 0. The third kappa shape index (κ3) is 4.00. The molecule has 2 rings (SSSR count). The summed E-state index contributed by atoms with van der Waals surface area (Å²) in [6.45, 7) is 0. The molecule has 0 aromatic heterocycles. The second-order valence-electron chi connectivity index (χ2n) is 5.01. The molecule has 16 heavy (non-hydrogen) atoms. The first-order valence-electron chi connectivity index (χ1n) is 6.82. The molecule has 0 saturated heterocycles. The first-order valence-corrected chi connectivity index (χ1v) is 6.82. The van der Waals surface area contributed by atoms with Crippen LogP contribution in [0.2, 0.25) is 0 Å². The van der Waals surface area contributed by atoms with Crippen LogP contribution in [0.15, 0.2) is 30.3 Å². The molecule has 0 bridgehead atoms. The van der Waals surface area contributed by atoms with Gasteiger partial charge in [0.2, 0.25) is 0 Å². The molecule has 0 heteroatoms. The van der Waals surface area contributed by atoms with Crippen molar-refractivity contribution >= 4 is 0 Å². The summed E-state index contributed by atoms with van der Waals surface area (Å²) < 4.78 is 0. The van der Waals surface area contributed by atoms with Crippen LogP contribution in [0.1, 0.15) is 50.5 Å². The Balaban J connectivity index is 1.58. The summed E-state index contributed by atoms with van der Waals surface area (Å²) in [6.07, 6.45) is 13.7. The van der Waals surface area contributed by atoms with Crippen LogP contribution in [0.5, 0.6) is 0 Å². The third-order valence-corrected chi connectivity index (χ3v) is 3.66. The van der Waals surface area contributed by atoms with Crippen molar-refractivity contribution in [2.75, 3.05) is 0 Å². The van der Waals surface area contributed by atoms with Gasteiger partial charge in [0.25, 0.3) is 0 Å². The van der Waals surface area contributed by atoms with Gasteiger partial charge in [-0.25, -0.2) is 0 Å². The van der Waals surface area contributed by atoms with Crippen molar-refractivity contribution in [3.63, 3.8) is 0 Å². The molecule has 0 amide bonds. The number of aryl methyl sites for hydroxylation is 1. The number of unbranched alkanes of at least 4 members (excludes halogenated alkanes) is 1. The summed E-state index contributed by atoms with van der Waals surface area (Å²) in [4.78, 5) is 0. The highest BCUT2D eigenvalue weighted by molar-refractivity contribution is 5.14. The van der Waals surface area contributed by atoms with Crippen molar-refractivity contribution in [3.05, 3.63) is 42.3 Å². The molecular formula is C16H23. The molecule has 0 N–H and O–H groups in total. The van der Waals surface area contributed by atoms with Crippen LogP contribution in [-0.2, 0) is 6.42 Å². The van der Waals surface area contributed by atoms with Crippen LogP contribution < -0.4 is 0 Å². The maximum absolute atomic E-state index is 2.59. The van der Waals surface area contributed by atoms with Crippen LogP contribution in [0.25, 0.3) is 0 Å². The van der Waals surface area contributed by atoms with Gasteiger partial charge >= 0.3 is 0 Å². The zero-order valence-corrected chi connectivity index (χ0v) is 10.2. The Bertz CT molecular complexity index is 269. The molecule has 0 atom stereocenters. The molecular weight excluding hydrogens is 192 g/mol. The fourth-order valence-corrected chi connectivity index (χ4v) is 2.67. The predicted molar refractivity (Wildman–Crippen MR) is 70.3 cm³/mol. The fraction of sp³-hybridized carbons (Fsp3) is 0.562. The van der Waals surface area contributed by atoms with E-state index in [1.165, 1.54) is 56.9 Å². The maximum atomic E-state index is 2.59. The van der Waals surface area contributed by atoms with Gasteiger partial charge in [0.1, 0.15) is 0 Å². The van der Waals surface area contributed by atoms with Crippen LogP contribution in [0.3, 0.4) is 0 Å². The van der Waals surface area contributed by atoms with E-state index in [2.05, 4.69) is 36.8 Å². The zero-order chi connectivity index (χ0) is 11.1. The standard InChI is InChI=1S/C16H23/c1-3-9-15(10-4-1)13-7-8-14-16-11-5-2-6-12-16/h1,3-4,9-10,14,16H,2,5-8,11-13H2. The SMILES string of the molecule is [CH](CCCc1ccccc1)C1CCCCC1. The Labute approximate surface area is 100 Å². The molecule has 1 radical (unpaired) electrons. The summed E-state index contributed by atoms with van der Waals surface area (Å²) in [7, 11) is 0. The van der Waals surface area contributed by atoms with E-state index in [0.29, 0.717) is 0 Å². The van der Waals surface area contributed by atoms with Crippen LogP contribution in [0, 0.1) is 12.3 Å².